The van der Waals surface area contributed by atoms with E-state index in [1.165, 1.54) is 0 Å². The molecule has 3 aliphatic rings. The lowest BCUT2D eigenvalue weighted by Crippen LogP contribution is -2.62. The van der Waals surface area contributed by atoms with Gasteiger partial charge in [0.25, 0.3) is 5.91 Å². The third-order valence-electron chi connectivity index (χ3n) is 6.44. The second-order valence-electron chi connectivity index (χ2n) is 9.04. The van der Waals surface area contributed by atoms with E-state index in [4.69, 9.17) is 0 Å². The average Bonchev–Trinajstić information content (AvgIpc) is 3.27. The summed E-state index contributed by atoms with van der Waals surface area (Å²) >= 11 is 0. The molecule has 0 saturated heterocycles. The molecule has 1 atom stereocenters. The molecule has 0 aromatic heterocycles. The van der Waals surface area contributed by atoms with E-state index in [-0.39, 0.29) is 36.7 Å². The van der Waals surface area contributed by atoms with Crippen molar-refractivity contribution in [1.82, 2.24) is 15.1 Å². The Labute approximate surface area is 188 Å². The van der Waals surface area contributed by atoms with Gasteiger partial charge in [-0.05, 0) is 43.9 Å². The van der Waals surface area contributed by atoms with Gasteiger partial charge in [-0.25, -0.2) is 0 Å². The minimum Gasteiger partial charge on any atom is -0.352 e. The Morgan fingerprint density at radius 1 is 1.22 bits per heavy atom. The van der Waals surface area contributed by atoms with Crippen LogP contribution in [0.25, 0.3) is 0 Å². The number of amides is 3. The van der Waals surface area contributed by atoms with Crippen LogP contribution in [0.15, 0.2) is 59.2 Å². The number of hydrogen-bond acceptors (Lipinski definition) is 4. The van der Waals surface area contributed by atoms with E-state index in [1.807, 2.05) is 49.4 Å². The van der Waals surface area contributed by atoms with Crippen LogP contribution < -0.4 is 5.32 Å². The van der Waals surface area contributed by atoms with Gasteiger partial charge < -0.3 is 15.1 Å². The maximum atomic E-state index is 13.9. The lowest BCUT2D eigenvalue weighted by molar-refractivity contribution is -0.146. The SMILES string of the molecule is CC1=CC=CN2C1=NC(=O)C[C@]2(C)C(=O)N(CC(=O)NC1CCCC1)Cc1ccccc1. The van der Waals surface area contributed by atoms with Crippen molar-refractivity contribution in [3.8, 4) is 0 Å². The van der Waals surface area contributed by atoms with E-state index in [9.17, 15) is 14.4 Å². The van der Waals surface area contributed by atoms with Gasteiger partial charge in [0.1, 0.15) is 11.4 Å². The summed E-state index contributed by atoms with van der Waals surface area (Å²) in [5.41, 5.74) is 0.607. The van der Waals surface area contributed by atoms with Crippen LogP contribution in [0, 0.1) is 0 Å². The number of allylic oxidation sites excluding steroid dienone is 2. The summed E-state index contributed by atoms with van der Waals surface area (Å²) in [5.74, 6) is -0.256. The molecule has 3 amide bonds. The quantitative estimate of drug-likeness (QED) is 0.746. The molecule has 2 aliphatic heterocycles. The molecule has 168 valence electrons. The van der Waals surface area contributed by atoms with E-state index in [2.05, 4.69) is 10.3 Å². The van der Waals surface area contributed by atoms with E-state index in [1.54, 1.807) is 22.9 Å². The summed E-state index contributed by atoms with van der Waals surface area (Å²) in [6.07, 6.45) is 9.67. The van der Waals surface area contributed by atoms with Gasteiger partial charge in [0.15, 0.2) is 0 Å². The van der Waals surface area contributed by atoms with Crippen LogP contribution in [0.1, 0.15) is 51.5 Å². The van der Waals surface area contributed by atoms with Crippen LogP contribution in [-0.4, -0.2) is 51.5 Å². The van der Waals surface area contributed by atoms with E-state index in [0.29, 0.717) is 12.4 Å². The second kappa shape index (κ2) is 9.10. The Bertz CT molecular complexity index is 992. The third kappa shape index (κ3) is 4.52. The minimum atomic E-state index is -1.15. The van der Waals surface area contributed by atoms with Crippen molar-refractivity contribution in [3.63, 3.8) is 0 Å². The fourth-order valence-corrected chi connectivity index (χ4v) is 4.73. The molecule has 1 N–H and O–H groups in total. The molecule has 1 fully saturated rings. The van der Waals surface area contributed by atoms with Crippen LogP contribution in [0.5, 0.6) is 0 Å². The van der Waals surface area contributed by atoms with Crippen molar-refractivity contribution in [2.75, 3.05) is 6.54 Å². The number of nitrogens with one attached hydrogen (secondary N) is 1. The molecular formula is C25H30N4O3. The molecule has 7 heteroatoms. The first-order valence-electron chi connectivity index (χ1n) is 11.3. The molecule has 1 aliphatic carbocycles. The molecule has 0 bridgehead atoms. The number of hydrogen-bond donors (Lipinski definition) is 1. The lowest BCUT2D eigenvalue weighted by atomic mass is 9.89. The van der Waals surface area contributed by atoms with Crippen LogP contribution in [-0.2, 0) is 20.9 Å². The summed E-state index contributed by atoms with van der Waals surface area (Å²) in [5, 5.41) is 3.08. The van der Waals surface area contributed by atoms with Crippen LogP contribution >= 0.6 is 0 Å². The number of nitrogens with zero attached hydrogens (tertiary/aromatic N) is 3. The van der Waals surface area contributed by atoms with Gasteiger partial charge in [-0.3, -0.25) is 14.4 Å². The molecule has 7 nitrogen and oxygen atoms in total. The fourth-order valence-electron chi connectivity index (χ4n) is 4.73. The van der Waals surface area contributed by atoms with Crippen molar-refractivity contribution in [2.24, 2.45) is 4.99 Å². The van der Waals surface area contributed by atoms with Gasteiger partial charge >= 0.3 is 0 Å². The lowest BCUT2D eigenvalue weighted by Gasteiger charge is -2.45. The van der Waals surface area contributed by atoms with Crippen molar-refractivity contribution < 1.29 is 14.4 Å². The highest BCUT2D eigenvalue weighted by molar-refractivity contribution is 6.12. The standard InChI is InChI=1S/C25H30N4O3/c1-18-9-8-14-29-23(18)27-21(30)15-25(29,2)24(32)28(16-19-10-4-3-5-11-19)17-22(31)26-20-12-6-7-13-20/h3-5,8-11,14,20H,6-7,12-13,15-17H2,1-2H3,(H,26,31)/t25-/m1/s1. The van der Waals surface area contributed by atoms with Crippen LogP contribution in [0.2, 0.25) is 0 Å². The molecule has 1 aromatic carbocycles. The number of carbonyl (C=O) groups excluding carboxylic acids is 3. The summed E-state index contributed by atoms with van der Waals surface area (Å²) in [6, 6.07) is 9.79. The van der Waals surface area contributed by atoms with Crippen LogP contribution in [0.4, 0.5) is 0 Å². The first-order chi connectivity index (χ1) is 15.4. The highest BCUT2D eigenvalue weighted by Crippen LogP contribution is 2.32. The van der Waals surface area contributed by atoms with Crippen molar-refractivity contribution in [3.05, 3.63) is 59.8 Å². The van der Waals surface area contributed by atoms with E-state index >= 15 is 0 Å². The zero-order valence-electron chi connectivity index (χ0n) is 18.7. The highest BCUT2D eigenvalue weighted by atomic mass is 16.2. The van der Waals surface area contributed by atoms with Gasteiger partial charge in [0.05, 0.1) is 13.0 Å². The maximum absolute atomic E-state index is 13.9. The summed E-state index contributed by atoms with van der Waals surface area (Å²) < 4.78 is 0. The molecule has 2 heterocycles. The first-order valence-corrected chi connectivity index (χ1v) is 11.3. The van der Waals surface area contributed by atoms with E-state index in [0.717, 1.165) is 36.8 Å². The van der Waals surface area contributed by atoms with Gasteiger partial charge in [0, 0.05) is 18.8 Å². The number of benzene rings is 1. The predicted molar refractivity (Wildman–Crippen MR) is 122 cm³/mol. The second-order valence-corrected chi connectivity index (χ2v) is 9.04. The molecule has 0 radical (unpaired) electrons. The maximum Gasteiger partial charge on any atom is 0.250 e. The molecule has 4 rings (SSSR count). The Kier molecular flexibility index (Phi) is 6.26. The monoisotopic (exact) mass is 434 g/mol. The van der Waals surface area contributed by atoms with Gasteiger partial charge in [0.2, 0.25) is 11.8 Å². The average molecular weight is 435 g/mol. The predicted octanol–water partition coefficient (Wildman–Crippen LogP) is 2.94. The number of rotatable bonds is 6. The Morgan fingerprint density at radius 2 is 1.94 bits per heavy atom. The summed E-state index contributed by atoms with van der Waals surface area (Å²) in [4.78, 5) is 46.8. The van der Waals surface area contributed by atoms with Gasteiger partial charge in [-0.15, -0.1) is 0 Å². The van der Waals surface area contributed by atoms with Crippen LogP contribution in [0.3, 0.4) is 0 Å². The smallest absolute Gasteiger partial charge is 0.250 e. The largest absolute Gasteiger partial charge is 0.352 e. The highest BCUT2D eigenvalue weighted by Gasteiger charge is 2.48. The Balaban J connectivity index is 1.60. The van der Waals surface area contributed by atoms with Gasteiger partial charge in [-0.2, -0.15) is 4.99 Å². The van der Waals surface area contributed by atoms with Gasteiger partial charge in [-0.1, -0.05) is 49.2 Å². The zero-order chi connectivity index (χ0) is 22.7. The molecular weight excluding hydrogens is 404 g/mol. The number of carbonyl (C=O) groups is 3. The minimum absolute atomic E-state index is 0.0392. The third-order valence-corrected chi connectivity index (χ3v) is 6.44. The molecule has 0 spiro atoms. The fraction of sp³-hybridized carbons (Fsp3) is 0.440. The molecule has 32 heavy (non-hydrogen) atoms. The number of amidine groups is 1. The van der Waals surface area contributed by atoms with Crippen molar-refractivity contribution in [2.45, 2.75) is 64.1 Å². The summed E-state index contributed by atoms with van der Waals surface area (Å²) in [6.45, 7) is 3.88. The normalized spacial score (nSPS) is 22.8. The Morgan fingerprint density at radius 3 is 2.66 bits per heavy atom. The number of aliphatic imine (C=N–C) groups is 1. The van der Waals surface area contributed by atoms with Crippen molar-refractivity contribution >= 4 is 23.6 Å². The zero-order valence-corrected chi connectivity index (χ0v) is 18.7. The molecule has 1 aromatic rings. The molecule has 0 unspecified atom stereocenters. The topological polar surface area (TPSA) is 82.1 Å². The number of fused-ring (bicyclic) bond motifs is 1. The Hall–Kier alpha value is -3.22. The first kappa shape index (κ1) is 22.0. The summed E-state index contributed by atoms with van der Waals surface area (Å²) in [7, 11) is 0. The van der Waals surface area contributed by atoms with Crippen molar-refractivity contribution in [1.29, 1.82) is 0 Å². The van der Waals surface area contributed by atoms with E-state index < -0.39 is 5.54 Å². The molecule has 1 saturated carbocycles.